The highest BCUT2D eigenvalue weighted by Gasteiger charge is 2.03. The predicted octanol–water partition coefficient (Wildman–Crippen LogP) is 1.79. The van der Waals surface area contributed by atoms with E-state index in [1.807, 2.05) is 18.3 Å². The van der Waals surface area contributed by atoms with Gasteiger partial charge in [-0.15, -0.1) is 11.3 Å². The van der Waals surface area contributed by atoms with E-state index in [0.29, 0.717) is 6.54 Å². The summed E-state index contributed by atoms with van der Waals surface area (Å²) in [5.74, 6) is 0.943. The molecule has 0 unspecified atom stereocenters. The first-order valence-corrected chi connectivity index (χ1v) is 4.86. The molecular formula is C9H10N2OS. The Labute approximate surface area is 80.2 Å². The molecule has 0 aliphatic heterocycles. The Morgan fingerprint density at radius 2 is 2.46 bits per heavy atom. The normalized spacial score (nSPS) is 10.5. The maximum atomic E-state index is 5.48. The minimum atomic E-state index is 0.565. The molecule has 13 heavy (non-hydrogen) atoms. The average molecular weight is 194 g/mol. The van der Waals surface area contributed by atoms with Crippen LogP contribution in [-0.2, 0) is 13.0 Å². The zero-order valence-corrected chi connectivity index (χ0v) is 7.88. The van der Waals surface area contributed by atoms with E-state index in [0.717, 1.165) is 22.1 Å². The summed E-state index contributed by atoms with van der Waals surface area (Å²) in [6, 6.07) is 3.83. The van der Waals surface area contributed by atoms with Crippen molar-refractivity contribution < 1.29 is 4.42 Å². The van der Waals surface area contributed by atoms with E-state index < -0.39 is 0 Å². The van der Waals surface area contributed by atoms with Gasteiger partial charge in [-0.2, -0.15) is 0 Å². The first kappa shape index (κ1) is 8.47. The van der Waals surface area contributed by atoms with Gasteiger partial charge in [-0.3, -0.25) is 0 Å². The SMILES string of the molecule is NCc1cnc(Cc2ccco2)s1. The van der Waals surface area contributed by atoms with Crippen LogP contribution in [0.5, 0.6) is 0 Å². The highest BCUT2D eigenvalue weighted by molar-refractivity contribution is 7.11. The molecule has 3 nitrogen and oxygen atoms in total. The lowest BCUT2D eigenvalue weighted by atomic mass is 10.3. The fraction of sp³-hybridized carbons (Fsp3) is 0.222. The van der Waals surface area contributed by atoms with Gasteiger partial charge in [0.2, 0.25) is 0 Å². The molecule has 0 fully saturated rings. The Hall–Kier alpha value is -1.13. The Morgan fingerprint density at radius 3 is 3.08 bits per heavy atom. The van der Waals surface area contributed by atoms with Gasteiger partial charge in [-0.25, -0.2) is 4.98 Å². The molecule has 0 aliphatic rings. The Balaban J connectivity index is 2.10. The summed E-state index contributed by atoms with van der Waals surface area (Å²) in [7, 11) is 0. The standard InChI is InChI=1S/C9H10N2OS/c10-5-8-6-11-9(13-8)4-7-2-1-3-12-7/h1-3,6H,4-5,10H2. The van der Waals surface area contributed by atoms with Gasteiger partial charge in [0, 0.05) is 17.6 Å². The van der Waals surface area contributed by atoms with Crippen LogP contribution in [0.3, 0.4) is 0 Å². The van der Waals surface area contributed by atoms with E-state index in [4.69, 9.17) is 10.2 Å². The summed E-state index contributed by atoms with van der Waals surface area (Å²) in [6.45, 7) is 0.565. The molecule has 0 amide bonds. The van der Waals surface area contributed by atoms with Crippen molar-refractivity contribution in [2.75, 3.05) is 0 Å². The van der Waals surface area contributed by atoms with Crippen LogP contribution in [0.2, 0.25) is 0 Å². The van der Waals surface area contributed by atoms with Crippen LogP contribution in [-0.4, -0.2) is 4.98 Å². The average Bonchev–Trinajstić information content (AvgIpc) is 2.76. The number of thiazole rings is 1. The zero-order chi connectivity index (χ0) is 9.10. The number of furan rings is 1. The van der Waals surface area contributed by atoms with Gasteiger partial charge < -0.3 is 10.2 Å². The third-order valence-electron chi connectivity index (χ3n) is 1.71. The van der Waals surface area contributed by atoms with Crippen molar-refractivity contribution in [3.8, 4) is 0 Å². The van der Waals surface area contributed by atoms with Gasteiger partial charge >= 0.3 is 0 Å². The van der Waals surface area contributed by atoms with E-state index >= 15 is 0 Å². The molecule has 4 heteroatoms. The Bertz CT molecular complexity index is 367. The van der Waals surface area contributed by atoms with Crippen LogP contribution in [0.25, 0.3) is 0 Å². The van der Waals surface area contributed by atoms with E-state index in [1.54, 1.807) is 17.6 Å². The molecule has 2 aromatic rings. The van der Waals surface area contributed by atoms with Gasteiger partial charge in [-0.05, 0) is 12.1 Å². The van der Waals surface area contributed by atoms with Crippen LogP contribution in [0, 0.1) is 0 Å². The molecule has 68 valence electrons. The van der Waals surface area contributed by atoms with Gasteiger partial charge in [-0.1, -0.05) is 0 Å². The lowest BCUT2D eigenvalue weighted by Gasteiger charge is -1.89. The summed E-state index contributed by atoms with van der Waals surface area (Å²) in [4.78, 5) is 5.35. The third-order valence-corrected chi connectivity index (χ3v) is 2.73. The Kier molecular flexibility index (Phi) is 2.42. The fourth-order valence-electron chi connectivity index (χ4n) is 1.09. The summed E-state index contributed by atoms with van der Waals surface area (Å²) < 4.78 is 5.22. The highest BCUT2D eigenvalue weighted by Crippen LogP contribution is 2.16. The van der Waals surface area contributed by atoms with Crippen molar-refractivity contribution in [1.82, 2.24) is 4.98 Å². The van der Waals surface area contributed by atoms with Gasteiger partial charge in [0.15, 0.2) is 0 Å². The number of rotatable bonds is 3. The van der Waals surface area contributed by atoms with E-state index in [1.165, 1.54) is 0 Å². The first-order valence-electron chi connectivity index (χ1n) is 4.04. The monoisotopic (exact) mass is 194 g/mol. The molecule has 0 aliphatic carbocycles. The number of aromatic nitrogens is 1. The molecule has 2 rings (SSSR count). The van der Waals surface area contributed by atoms with E-state index in [2.05, 4.69) is 4.98 Å². The Morgan fingerprint density at radius 1 is 1.54 bits per heavy atom. The molecule has 0 saturated carbocycles. The second-order valence-corrected chi connectivity index (χ2v) is 3.88. The molecule has 0 atom stereocenters. The molecular weight excluding hydrogens is 184 g/mol. The molecule has 0 aromatic carbocycles. The molecule has 2 aromatic heterocycles. The smallest absolute Gasteiger partial charge is 0.110 e. The van der Waals surface area contributed by atoms with Gasteiger partial charge in [0.05, 0.1) is 12.7 Å². The third kappa shape index (κ3) is 1.96. The van der Waals surface area contributed by atoms with Crippen LogP contribution < -0.4 is 5.73 Å². The van der Waals surface area contributed by atoms with E-state index in [-0.39, 0.29) is 0 Å². The summed E-state index contributed by atoms with van der Waals surface area (Å²) in [6.07, 6.45) is 4.26. The topological polar surface area (TPSA) is 52.0 Å². The van der Waals surface area contributed by atoms with Crippen molar-refractivity contribution in [1.29, 1.82) is 0 Å². The van der Waals surface area contributed by atoms with E-state index in [9.17, 15) is 0 Å². The quantitative estimate of drug-likeness (QED) is 0.810. The van der Waals surface area contributed by atoms with Crippen LogP contribution in [0.15, 0.2) is 29.0 Å². The first-order chi connectivity index (χ1) is 6.38. The maximum absolute atomic E-state index is 5.48. The van der Waals surface area contributed by atoms with Crippen molar-refractivity contribution in [3.63, 3.8) is 0 Å². The molecule has 0 spiro atoms. The molecule has 0 bridgehead atoms. The van der Waals surface area contributed by atoms with Crippen molar-refractivity contribution >= 4 is 11.3 Å². The van der Waals surface area contributed by atoms with Gasteiger partial charge in [0.25, 0.3) is 0 Å². The highest BCUT2D eigenvalue weighted by atomic mass is 32.1. The second-order valence-electron chi connectivity index (χ2n) is 2.68. The van der Waals surface area contributed by atoms with Crippen LogP contribution in [0.4, 0.5) is 0 Å². The summed E-state index contributed by atoms with van der Waals surface area (Å²) in [5, 5.41) is 1.05. The number of nitrogens with two attached hydrogens (primary N) is 1. The summed E-state index contributed by atoms with van der Waals surface area (Å²) >= 11 is 1.63. The maximum Gasteiger partial charge on any atom is 0.110 e. The second kappa shape index (κ2) is 3.72. The molecule has 0 radical (unpaired) electrons. The summed E-state index contributed by atoms with van der Waals surface area (Å²) in [5.41, 5.74) is 5.48. The minimum absolute atomic E-state index is 0.565. The minimum Gasteiger partial charge on any atom is -0.469 e. The molecule has 2 heterocycles. The van der Waals surface area contributed by atoms with Crippen molar-refractivity contribution in [3.05, 3.63) is 40.2 Å². The van der Waals surface area contributed by atoms with Crippen molar-refractivity contribution in [2.24, 2.45) is 5.73 Å². The number of hydrogen-bond acceptors (Lipinski definition) is 4. The van der Waals surface area contributed by atoms with Crippen LogP contribution in [0.1, 0.15) is 15.6 Å². The molecule has 2 N–H and O–H groups in total. The zero-order valence-electron chi connectivity index (χ0n) is 7.06. The van der Waals surface area contributed by atoms with Gasteiger partial charge in [0.1, 0.15) is 10.8 Å². The number of nitrogens with zero attached hydrogens (tertiary/aromatic N) is 1. The largest absolute Gasteiger partial charge is 0.469 e. The molecule has 0 saturated heterocycles. The lowest BCUT2D eigenvalue weighted by Crippen LogP contribution is -1.91. The number of hydrogen-bond donors (Lipinski definition) is 1. The van der Waals surface area contributed by atoms with Crippen LogP contribution >= 0.6 is 11.3 Å². The van der Waals surface area contributed by atoms with Crippen molar-refractivity contribution in [2.45, 2.75) is 13.0 Å². The fourth-order valence-corrected chi connectivity index (χ4v) is 1.90. The lowest BCUT2D eigenvalue weighted by molar-refractivity contribution is 0.520. The predicted molar refractivity (Wildman–Crippen MR) is 51.5 cm³/mol.